The molecule has 1 unspecified atom stereocenters. The molecular formula is C13H15BrN2S. The van der Waals surface area contributed by atoms with Gasteiger partial charge >= 0.3 is 0 Å². The summed E-state index contributed by atoms with van der Waals surface area (Å²) in [7, 11) is 0. The van der Waals surface area contributed by atoms with Crippen molar-refractivity contribution in [2.45, 2.75) is 26.8 Å². The number of halogens is 1. The summed E-state index contributed by atoms with van der Waals surface area (Å²) in [6, 6.07) is 4.58. The SMILES string of the molecule is Cc1cc(NC(C)c2sccc2C)cnc1Br. The lowest BCUT2D eigenvalue weighted by Crippen LogP contribution is -2.06. The summed E-state index contributed by atoms with van der Waals surface area (Å²) in [5, 5.41) is 5.61. The van der Waals surface area contributed by atoms with Gasteiger partial charge < -0.3 is 5.32 Å². The molecule has 0 saturated carbocycles. The molecule has 0 spiro atoms. The number of pyridine rings is 1. The highest BCUT2D eigenvalue weighted by atomic mass is 79.9. The molecule has 1 atom stereocenters. The molecule has 0 fully saturated rings. The summed E-state index contributed by atoms with van der Waals surface area (Å²) < 4.78 is 0.906. The van der Waals surface area contributed by atoms with Gasteiger partial charge in [0, 0.05) is 4.88 Å². The van der Waals surface area contributed by atoms with Gasteiger partial charge in [-0.2, -0.15) is 0 Å². The van der Waals surface area contributed by atoms with E-state index in [4.69, 9.17) is 0 Å². The molecule has 0 radical (unpaired) electrons. The Morgan fingerprint density at radius 1 is 1.35 bits per heavy atom. The van der Waals surface area contributed by atoms with Gasteiger partial charge in [0.15, 0.2) is 0 Å². The predicted molar refractivity (Wildman–Crippen MR) is 77.8 cm³/mol. The third-order valence-corrected chi connectivity index (χ3v) is 4.72. The predicted octanol–water partition coefficient (Wildman–Crippen LogP) is 4.70. The maximum Gasteiger partial charge on any atom is 0.109 e. The normalized spacial score (nSPS) is 12.5. The molecule has 2 rings (SSSR count). The Morgan fingerprint density at radius 2 is 2.12 bits per heavy atom. The van der Waals surface area contributed by atoms with Crippen LogP contribution in [-0.2, 0) is 0 Å². The lowest BCUT2D eigenvalue weighted by atomic mass is 10.2. The van der Waals surface area contributed by atoms with Crippen LogP contribution < -0.4 is 5.32 Å². The topological polar surface area (TPSA) is 24.9 Å². The van der Waals surface area contributed by atoms with E-state index in [1.165, 1.54) is 10.4 Å². The second kappa shape index (κ2) is 5.19. The van der Waals surface area contributed by atoms with Crippen LogP contribution >= 0.6 is 27.3 Å². The first-order valence-electron chi connectivity index (χ1n) is 5.50. The molecule has 0 amide bonds. The fourth-order valence-corrected chi connectivity index (χ4v) is 2.93. The highest BCUT2D eigenvalue weighted by Crippen LogP contribution is 2.27. The first-order valence-corrected chi connectivity index (χ1v) is 7.18. The van der Waals surface area contributed by atoms with Crippen LogP contribution in [0.4, 0.5) is 5.69 Å². The van der Waals surface area contributed by atoms with E-state index < -0.39 is 0 Å². The van der Waals surface area contributed by atoms with Crippen LogP contribution in [0, 0.1) is 13.8 Å². The first-order chi connectivity index (χ1) is 8.08. The number of hydrogen-bond donors (Lipinski definition) is 1. The van der Waals surface area contributed by atoms with Gasteiger partial charge in [-0.1, -0.05) is 0 Å². The molecule has 17 heavy (non-hydrogen) atoms. The van der Waals surface area contributed by atoms with Crippen molar-refractivity contribution < 1.29 is 0 Å². The summed E-state index contributed by atoms with van der Waals surface area (Å²) >= 11 is 5.20. The Hall–Kier alpha value is -0.870. The van der Waals surface area contributed by atoms with Gasteiger partial charge in [0.05, 0.1) is 17.9 Å². The number of aromatic nitrogens is 1. The molecule has 90 valence electrons. The Kier molecular flexibility index (Phi) is 3.84. The van der Waals surface area contributed by atoms with Gasteiger partial charge in [-0.15, -0.1) is 11.3 Å². The van der Waals surface area contributed by atoms with Crippen molar-refractivity contribution in [2.24, 2.45) is 0 Å². The zero-order chi connectivity index (χ0) is 12.4. The zero-order valence-electron chi connectivity index (χ0n) is 10.1. The summed E-state index contributed by atoms with van der Waals surface area (Å²) in [5.74, 6) is 0. The number of thiophene rings is 1. The fourth-order valence-electron chi connectivity index (χ4n) is 1.78. The van der Waals surface area contributed by atoms with Gasteiger partial charge in [0.1, 0.15) is 4.60 Å². The van der Waals surface area contributed by atoms with Crippen molar-refractivity contribution in [2.75, 3.05) is 5.32 Å². The van der Waals surface area contributed by atoms with Crippen LogP contribution in [0.3, 0.4) is 0 Å². The van der Waals surface area contributed by atoms with Crippen LogP contribution in [-0.4, -0.2) is 4.98 Å². The molecule has 2 nitrogen and oxygen atoms in total. The van der Waals surface area contributed by atoms with E-state index in [0.29, 0.717) is 6.04 Å². The van der Waals surface area contributed by atoms with E-state index in [2.05, 4.69) is 57.6 Å². The highest BCUT2D eigenvalue weighted by Gasteiger charge is 2.10. The zero-order valence-corrected chi connectivity index (χ0v) is 12.5. The standard InChI is InChI=1S/C13H15BrN2S/c1-8-4-5-17-12(8)10(3)16-11-6-9(2)13(14)15-7-11/h4-7,10,16H,1-3H3. The van der Waals surface area contributed by atoms with Crippen molar-refractivity contribution in [3.05, 3.63) is 44.3 Å². The Morgan fingerprint density at radius 3 is 2.71 bits per heavy atom. The van der Waals surface area contributed by atoms with E-state index >= 15 is 0 Å². The summed E-state index contributed by atoms with van der Waals surface area (Å²) in [6.45, 7) is 6.37. The average molecular weight is 311 g/mol. The molecule has 2 heterocycles. The summed E-state index contributed by atoms with van der Waals surface area (Å²) in [4.78, 5) is 5.67. The number of aryl methyl sites for hydroxylation is 2. The quantitative estimate of drug-likeness (QED) is 0.831. The molecule has 0 bridgehead atoms. The van der Waals surface area contributed by atoms with Gasteiger partial charge in [-0.25, -0.2) is 4.98 Å². The van der Waals surface area contributed by atoms with Crippen LogP contribution in [0.15, 0.2) is 28.3 Å². The molecule has 2 aromatic heterocycles. The lowest BCUT2D eigenvalue weighted by molar-refractivity contribution is 0.896. The van der Waals surface area contributed by atoms with Gasteiger partial charge in [-0.05, 0) is 65.3 Å². The van der Waals surface area contributed by atoms with Crippen molar-refractivity contribution in [1.82, 2.24) is 4.98 Å². The van der Waals surface area contributed by atoms with Crippen LogP contribution in [0.2, 0.25) is 0 Å². The minimum atomic E-state index is 0.317. The molecular weight excluding hydrogens is 296 g/mol. The first kappa shape index (κ1) is 12.6. The van der Waals surface area contributed by atoms with Crippen molar-refractivity contribution in [3.63, 3.8) is 0 Å². The minimum absolute atomic E-state index is 0.317. The smallest absolute Gasteiger partial charge is 0.109 e. The van der Waals surface area contributed by atoms with E-state index in [-0.39, 0.29) is 0 Å². The van der Waals surface area contributed by atoms with Crippen molar-refractivity contribution in [1.29, 1.82) is 0 Å². The molecule has 0 aliphatic heterocycles. The number of anilines is 1. The van der Waals surface area contributed by atoms with Crippen molar-refractivity contribution >= 4 is 33.0 Å². The van der Waals surface area contributed by atoms with Gasteiger partial charge in [-0.3, -0.25) is 0 Å². The molecule has 4 heteroatoms. The lowest BCUT2D eigenvalue weighted by Gasteiger charge is -2.15. The number of nitrogens with one attached hydrogen (secondary N) is 1. The van der Waals surface area contributed by atoms with Crippen molar-refractivity contribution in [3.8, 4) is 0 Å². The van der Waals surface area contributed by atoms with E-state index in [1.807, 2.05) is 13.1 Å². The average Bonchev–Trinajstić information content (AvgIpc) is 2.70. The molecule has 1 N–H and O–H groups in total. The third kappa shape index (κ3) is 2.87. The van der Waals surface area contributed by atoms with E-state index in [0.717, 1.165) is 15.9 Å². The second-order valence-corrected chi connectivity index (χ2v) is 5.86. The van der Waals surface area contributed by atoms with Crippen LogP contribution in [0.1, 0.15) is 29.0 Å². The molecule has 2 aromatic rings. The fraction of sp³-hybridized carbons (Fsp3) is 0.308. The molecule has 0 saturated heterocycles. The number of rotatable bonds is 3. The highest BCUT2D eigenvalue weighted by molar-refractivity contribution is 9.10. The maximum atomic E-state index is 4.29. The molecule has 0 aromatic carbocycles. The Labute approximate surface area is 114 Å². The monoisotopic (exact) mass is 310 g/mol. The largest absolute Gasteiger partial charge is 0.376 e. The summed E-state index contributed by atoms with van der Waals surface area (Å²) in [6.07, 6.45) is 1.86. The minimum Gasteiger partial charge on any atom is -0.376 e. The number of nitrogens with zero attached hydrogens (tertiary/aromatic N) is 1. The third-order valence-electron chi connectivity index (χ3n) is 2.69. The Balaban J connectivity index is 2.16. The Bertz CT molecular complexity index is 522. The second-order valence-electron chi connectivity index (χ2n) is 4.17. The number of hydrogen-bond acceptors (Lipinski definition) is 3. The van der Waals surface area contributed by atoms with Crippen LogP contribution in [0.5, 0.6) is 0 Å². The van der Waals surface area contributed by atoms with Gasteiger partial charge in [0.25, 0.3) is 0 Å². The van der Waals surface area contributed by atoms with E-state index in [9.17, 15) is 0 Å². The molecule has 0 aliphatic carbocycles. The maximum absolute atomic E-state index is 4.29. The van der Waals surface area contributed by atoms with Crippen LogP contribution in [0.25, 0.3) is 0 Å². The summed E-state index contributed by atoms with van der Waals surface area (Å²) in [5.41, 5.74) is 3.55. The molecule has 0 aliphatic rings. The van der Waals surface area contributed by atoms with Gasteiger partial charge in [0.2, 0.25) is 0 Å². The van der Waals surface area contributed by atoms with E-state index in [1.54, 1.807) is 11.3 Å².